The minimum Gasteiger partial charge on any atom is -0.371 e. The molecule has 2 fully saturated rings. The van der Waals surface area contributed by atoms with Gasteiger partial charge in [0.15, 0.2) is 0 Å². The average molecular weight is 226 g/mol. The van der Waals surface area contributed by atoms with Crippen molar-refractivity contribution in [3.8, 4) is 0 Å². The summed E-state index contributed by atoms with van der Waals surface area (Å²) in [6, 6.07) is 0.520. The van der Waals surface area contributed by atoms with Gasteiger partial charge in [0, 0.05) is 25.7 Å². The second-order valence-corrected chi connectivity index (χ2v) is 6.67. The number of likely N-dealkylation sites (N-methyl/N-ethyl adjacent to an activating group) is 1. The van der Waals surface area contributed by atoms with Gasteiger partial charge < -0.3 is 15.0 Å². The van der Waals surface area contributed by atoms with Crippen LogP contribution in [-0.4, -0.2) is 49.8 Å². The molecule has 1 spiro atoms. The van der Waals surface area contributed by atoms with Crippen LogP contribution in [0.1, 0.15) is 33.6 Å². The fourth-order valence-corrected chi connectivity index (χ4v) is 3.04. The maximum absolute atomic E-state index is 6.15. The third kappa shape index (κ3) is 2.58. The van der Waals surface area contributed by atoms with Crippen LogP contribution < -0.4 is 5.32 Å². The van der Waals surface area contributed by atoms with E-state index in [1.54, 1.807) is 0 Å². The first kappa shape index (κ1) is 12.3. The summed E-state index contributed by atoms with van der Waals surface area (Å²) in [4.78, 5) is 2.39. The van der Waals surface area contributed by atoms with Crippen molar-refractivity contribution in [2.75, 3.05) is 33.3 Å². The van der Waals surface area contributed by atoms with Gasteiger partial charge in [-0.15, -0.1) is 0 Å². The summed E-state index contributed by atoms with van der Waals surface area (Å²) in [5.74, 6) is 0. The van der Waals surface area contributed by atoms with E-state index < -0.39 is 0 Å². The van der Waals surface area contributed by atoms with Gasteiger partial charge in [-0.1, -0.05) is 20.8 Å². The second kappa shape index (κ2) is 4.28. The highest BCUT2D eigenvalue weighted by Crippen LogP contribution is 2.35. The maximum atomic E-state index is 6.15. The molecule has 2 saturated heterocycles. The lowest BCUT2D eigenvalue weighted by Crippen LogP contribution is -2.60. The normalized spacial score (nSPS) is 37.1. The number of morpholine rings is 1. The number of rotatable bonds is 1. The van der Waals surface area contributed by atoms with E-state index >= 15 is 0 Å². The minimum absolute atomic E-state index is 0.0836. The molecule has 1 N–H and O–H groups in total. The molecule has 0 aromatic carbocycles. The zero-order valence-electron chi connectivity index (χ0n) is 11.2. The highest BCUT2D eigenvalue weighted by Gasteiger charge is 2.47. The molecule has 3 heteroatoms. The number of hydrogen-bond donors (Lipinski definition) is 1. The van der Waals surface area contributed by atoms with Crippen LogP contribution in [0, 0.1) is 5.41 Å². The quantitative estimate of drug-likeness (QED) is 0.733. The molecule has 0 amide bonds. The maximum Gasteiger partial charge on any atom is 0.0973 e. The van der Waals surface area contributed by atoms with Crippen molar-refractivity contribution in [1.29, 1.82) is 0 Å². The number of nitrogens with one attached hydrogen (secondary N) is 1. The van der Waals surface area contributed by atoms with Crippen molar-refractivity contribution in [2.24, 2.45) is 5.41 Å². The Morgan fingerprint density at radius 2 is 2.19 bits per heavy atom. The van der Waals surface area contributed by atoms with Crippen molar-refractivity contribution in [3.05, 3.63) is 0 Å². The molecule has 2 atom stereocenters. The van der Waals surface area contributed by atoms with Crippen LogP contribution in [0.2, 0.25) is 0 Å². The van der Waals surface area contributed by atoms with E-state index in [1.807, 2.05) is 0 Å². The fraction of sp³-hybridized carbons (Fsp3) is 1.00. The Labute approximate surface area is 99.5 Å². The number of hydrogen-bond acceptors (Lipinski definition) is 3. The molecule has 0 aliphatic carbocycles. The van der Waals surface area contributed by atoms with Crippen LogP contribution in [0.25, 0.3) is 0 Å². The van der Waals surface area contributed by atoms with Gasteiger partial charge in [0.25, 0.3) is 0 Å². The molecule has 0 bridgehead atoms. The molecule has 0 saturated carbocycles. The van der Waals surface area contributed by atoms with Crippen molar-refractivity contribution >= 4 is 0 Å². The Balaban J connectivity index is 2.08. The van der Waals surface area contributed by atoms with Crippen LogP contribution in [0.4, 0.5) is 0 Å². The molecule has 2 unspecified atom stereocenters. The Bertz CT molecular complexity index is 245. The molecule has 2 rings (SSSR count). The average Bonchev–Trinajstić information content (AvgIpc) is 2.51. The SMILES string of the molecule is CN1CCC2(C1)OCCNC2CC(C)(C)C. The predicted molar refractivity (Wildman–Crippen MR) is 66.7 cm³/mol. The van der Waals surface area contributed by atoms with E-state index in [1.165, 1.54) is 19.4 Å². The zero-order chi connectivity index (χ0) is 11.8. The predicted octanol–water partition coefficient (Wildman–Crippen LogP) is 1.49. The fourth-order valence-electron chi connectivity index (χ4n) is 3.04. The van der Waals surface area contributed by atoms with Crippen LogP contribution in [0.15, 0.2) is 0 Å². The van der Waals surface area contributed by atoms with Crippen molar-refractivity contribution in [1.82, 2.24) is 10.2 Å². The molecule has 0 aromatic heterocycles. The summed E-state index contributed by atoms with van der Waals surface area (Å²) in [5, 5.41) is 3.68. The number of nitrogens with zero attached hydrogens (tertiary/aromatic N) is 1. The topological polar surface area (TPSA) is 24.5 Å². The smallest absolute Gasteiger partial charge is 0.0973 e. The molecule has 2 aliphatic rings. The summed E-state index contributed by atoms with van der Waals surface area (Å²) in [7, 11) is 2.20. The molecule has 2 aliphatic heterocycles. The first-order chi connectivity index (χ1) is 7.41. The first-order valence-corrected chi connectivity index (χ1v) is 6.47. The van der Waals surface area contributed by atoms with E-state index in [-0.39, 0.29) is 5.60 Å². The Hall–Kier alpha value is -0.120. The lowest BCUT2D eigenvalue weighted by molar-refractivity contribution is -0.0952. The minimum atomic E-state index is 0.0836. The van der Waals surface area contributed by atoms with E-state index in [0.29, 0.717) is 11.5 Å². The van der Waals surface area contributed by atoms with Gasteiger partial charge in [0.05, 0.1) is 12.2 Å². The van der Waals surface area contributed by atoms with Gasteiger partial charge in [-0.05, 0) is 25.3 Å². The van der Waals surface area contributed by atoms with Crippen molar-refractivity contribution < 1.29 is 4.74 Å². The molecule has 3 nitrogen and oxygen atoms in total. The molecule has 0 aromatic rings. The van der Waals surface area contributed by atoms with E-state index in [2.05, 4.69) is 38.0 Å². The molecule has 94 valence electrons. The summed E-state index contributed by atoms with van der Waals surface area (Å²) < 4.78 is 6.15. The monoisotopic (exact) mass is 226 g/mol. The zero-order valence-corrected chi connectivity index (χ0v) is 11.2. The second-order valence-electron chi connectivity index (χ2n) is 6.67. The van der Waals surface area contributed by atoms with E-state index in [0.717, 1.165) is 19.7 Å². The third-order valence-corrected chi connectivity index (χ3v) is 3.79. The molecule has 2 heterocycles. The number of likely N-dealkylation sites (tertiary alicyclic amines) is 1. The lowest BCUT2D eigenvalue weighted by atomic mass is 9.79. The van der Waals surface area contributed by atoms with Gasteiger partial charge in [-0.25, -0.2) is 0 Å². The van der Waals surface area contributed by atoms with Gasteiger partial charge in [0.2, 0.25) is 0 Å². The third-order valence-electron chi connectivity index (χ3n) is 3.79. The van der Waals surface area contributed by atoms with Crippen LogP contribution >= 0.6 is 0 Å². The van der Waals surface area contributed by atoms with E-state index in [4.69, 9.17) is 4.74 Å². The summed E-state index contributed by atoms with van der Waals surface area (Å²) in [5.41, 5.74) is 0.451. The Morgan fingerprint density at radius 3 is 2.75 bits per heavy atom. The highest BCUT2D eigenvalue weighted by molar-refractivity contribution is 5.03. The highest BCUT2D eigenvalue weighted by atomic mass is 16.5. The lowest BCUT2D eigenvalue weighted by Gasteiger charge is -2.44. The van der Waals surface area contributed by atoms with Crippen LogP contribution in [-0.2, 0) is 4.74 Å². The van der Waals surface area contributed by atoms with Gasteiger partial charge in [-0.3, -0.25) is 0 Å². The Morgan fingerprint density at radius 1 is 1.44 bits per heavy atom. The summed E-state index contributed by atoms with van der Waals surface area (Å²) in [6.45, 7) is 11.1. The number of ether oxygens (including phenoxy) is 1. The van der Waals surface area contributed by atoms with E-state index in [9.17, 15) is 0 Å². The summed E-state index contributed by atoms with van der Waals surface area (Å²) in [6.07, 6.45) is 2.37. The van der Waals surface area contributed by atoms with Gasteiger partial charge >= 0.3 is 0 Å². The van der Waals surface area contributed by atoms with Gasteiger partial charge in [-0.2, -0.15) is 0 Å². The summed E-state index contributed by atoms with van der Waals surface area (Å²) >= 11 is 0. The first-order valence-electron chi connectivity index (χ1n) is 6.47. The molecular weight excluding hydrogens is 200 g/mol. The van der Waals surface area contributed by atoms with Crippen LogP contribution in [0.5, 0.6) is 0 Å². The van der Waals surface area contributed by atoms with Crippen LogP contribution in [0.3, 0.4) is 0 Å². The molecule has 0 radical (unpaired) electrons. The van der Waals surface area contributed by atoms with Gasteiger partial charge in [0.1, 0.15) is 0 Å². The molecular formula is C13H26N2O. The Kier molecular flexibility index (Phi) is 3.30. The molecule has 16 heavy (non-hydrogen) atoms. The van der Waals surface area contributed by atoms with Crippen molar-refractivity contribution in [2.45, 2.75) is 45.3 Å². The largest absolute Gasteiger partial charge is 0.371 e. The standard InChI is InChI=1S/C13H26N2O/c1-12(2,3)9-11-13(16-8-6-14-11)5-7-15(4)10-13/h11,14H,5-10H2,1-4H3. The van der Waals surface area contributed by atoms with Crippen molar-refractivity contribution in [3.63, 3.8) is 0 Å².